The number of aryl methyl sites for hydroxylation is 1. The Morgan fingerprint density at radius 3 is 2.69 bits per heavy atom. The molecule has 2 aromatic carbocycles. The molecule has 0 aliphatic rings. The first-order chi connectivity index (χ1) is 12.5. The van der Waals surface area contributed by atoms with Crippen molar-refractivity contribution in [3.8, 4) is 0 Å². The number of amides is 1. The molecule has 0 aliphatic carbocycles. The van der Waals surface area contributed by atoms with E-state index in [0.29, 0.717) is 16.3 Å². The van der Waals surface area contributed by atoms with E-state index in [1.807, 2.05) is 13.0 Å². The Morgan fingerprint density at radius 2 is 2.00 bits per heavy atom. The van der Waals surface area contributed by atoms with Gasteiger partial charge < -0.3 is 15.1 Å². The van der Waals surface area contributed by atoms with Crippen LogP contribution in [0.5, 0.6) is 0 Å². The van der Waals surface area contributed by atoms with Crippen LogP contribution in [0.3, 0.4) is 0 Å². The maximum atomic E-state index is 14.2. The molecule has 1 heterocycles. The van der Waals surface area contributed by atoms with Crippen LogP contribution in [0.25, 0.3) is 0 Å². The molecule has 2 N–H and O–H groups in total. The number of carbonyl (C=O) groups is 1. The van der Waals surface area contributed by atoms with Crippen LogP contribution < -0.4 is 5.73 Å². The van der Waals surface area contributed by atoms with Crippen molar-refractivity contribution < 1.29 is 13.6 Å². The number of furan rings is 1. The zero-order chi connectivity index (χ0) is 18.7. The van der Waals surface area contributed by atoms with Crippen molar-refractivity contribution in [1.82, 2.24) is 4.90 Å². The van der Waals surface area contributed by atoms with Gasteiger partial charge in [0.25, 0.3) is 5.91 Å². The third-order valence-corrected chi connectivity index (χ3v) is 4.40. The quantitative estimate of drug-likeness (QED) is 0.661. The highest BCUT2D eigenvalue weighted by atomic mass is 35.5. The standard InChI is InChI=1S/C20H18ClFN2O2/c1-13-8-9-14(21)11-17(13)19(23)24(12-15-5-4-10-26-15)20(25)16-6-2-3-7-18(16)22/h2-11,19H,12,23H2,1H3. The van der Waals surface area contributed by atoms with Crippen molar-refractivity contribution >= 4 is 17.5 Å². The molecule has 3 rings (SSSR count). The van der Waals surface area contributed by atoms with Gasteiger partial charge in [-0.05, 0) is 54.4 Å². The third kappa shape index (κ3) is 3.79. The number of rotatable bonds is 5. The first-order valence-electron chi connectivity index (χ1n) is 8.07. The van der Waals surface area contributed by atoms with Crippen molar-refractivity contribution in [3.05, 3.63) is 94.2 Å². The zero-order valence-electron chi connectivity index (χ0n) is 14.2. The lowest BCUT2D eigenvalue weighted by molar-refractivity contribution is 0.0642. The normalized spacial score (nSPS) is 12.0. The summed E-state index contributed by atoms with van der Waals surface area (Å²) in [5.41, 5.74) is 7.92. The summed E-state index contributed by atoms with van der Waals surface area (Å²) in [6.45, 7) is 1.98. The van der Waals surface area contributed by atoms with Crippen LogP contribution >= 0.6 is 11.6 Å². The third-order valence-electron chi connectivity index (χ3n) is 4.17. The van der Waals surface area contributed by atoms with Gasteiger partial charge >= 0.3 is 0 Å². The zero-order valence-corrected chi connectivity index (χ0v) is 14.9. The number of nitrogens with two attached hydrogens (primary N) is 1. The Balaban J connectivity index is 2.01. The molecule has 1 amide bonds. The van der Waals surface area contributed by atoms with Gasteiger partial charge in [0.2, 0.25) is 0 Å². The van der Waals surface area contributed by atoms with E-state index in [9.17, 15) is 9.18 Å². The molecular weight excluding hydrogens is 355 g/mol. The predicted molar refractivity (Wildman–Crippen MR) is 98.1 cm³/mol. The van der Waals surface area contributed by atoms with Crippen molar-refractivity contribution in [1.29, 1.82) is 0 Å². The molecule has 0 saturated heterocycles. The number of nitrogens with zero attached hydrogens (tertiary/aromatic N) is 1. The van der Waals surface area contributed by atoms with Crippen LogP contribution in [0, 0.1) is 12.7 Å². The van der Waals surface area contributed by atoms with Crippen LogP contribution in [0.2, 0.25) is 5.02 Å². The second kappa shape index (κ2) is 7.72. The van der Waals surface area contributed by atoms with Gasteiger partial charge in [-0.1, -0.05) is 29.8 Å². The molecule has 134 valence electrons. The molecule has 0 spiro atoms. The topological polar surface area (TPSA) is 59.5 Å². The molecule has 0 aliphatic heterocycles. The molecule has 0 saturated carbocycles. The van der Waals surface area contributed by atoms with Crippen LogP contribution in [-0.2, 0) is 6.54 Å². The molecule has 26 heavy (non-hydrogen) atoms. The van der Waals surface area contributed by atoms with E-state index in [4.69, 9.17) is 21.8 Å². The molecule has 6 heteroatoms. The minimum Gasteiger partial charge on any atom is -0.467 e. The van der Waals surface area contributed by atoms with E-state index in [2.05, 4.69) is 0 Å². The summed E-state index contributed by atoms with van der Waals surface area (Å²) in [5, 5.41) is 0.511. The summed E-state index contributed by atoms with van der Waals surface area (Å²) >= 11 is 6.09. The highest BCUT2D eigenvalue weighted by Crippen LogP contribution is 2.26. The molecule has 0 bridgehead atoms. The highest BCUT2D eigenvalue weighted by molar-refractivity contribution is 6.30. The molecule has 1 atom stereocenters. The number of benzene rings is 2. The van der Waals surface area contributed by atoms with Gasteiger partial charge in [0.05, 0.1) is 18.4 Å². The van der Waals surface area contributed by atoms with Crippen molar-refractivity contribution in [3.63, 3.8) is 0 Å². The Kier molecular flexibility index (Phi) is 5.40. The summed E-state index contributed by atoms with van der Waals surface area (Å²) in [7, 11) is 0. The van der Waals surface area contributed by atoms with E-state index in [-0.39, 0.29) is 12.1 Å². The van der Waals surface area contributed by atoms with Crippen LogP contribution in [0.1, 0.15) is 33.4 Å². The highest BCUT2D eigenvalue weighted by Gasteiger charge is 2.27. The maximum Gasteiger partial charge on any atom is 0.258 e. The van der Waals surface area contributed by atoms with E-state index in [1.165, 1.54) is 29.4 Å². The van der Waals surface area contributed by atoms with Gasteiger partial charge in [-0.3, -0.25) is 4.79 Å². The smallest absolute Gasteiger partial charge is 0.258 e. The summed E-state index contributed by atoms with van der Waals surface area (Å²) in [6.07, 6.45) is 0.697. The van der Waals surface area contributed by atoms with E-state index in [1.54, 1.807) is 30.3 Å². The number of carbonyl (C=O) groups excluding carboxylic acids is 1. The van der Waals surface area contributed by atoms with E-state index in [0.717, 1.165) is 5.56 Å². The van der Waals surface area contributed by atoms with Gasteiger partial charge in [-0.25, -0.2) is 4.39 Å². The SMILES string of the molecule is Cc1ccc(Cl)cc1C(N)N(Cc1ccco1)C(=O)c1ccccc1F. The summed E-state index contributed by atoms with van der Waals surface area (Å²) in [4.78, 5) is 14.4. The molecule has 3 aromatic rings. The lowest BCUT2D eigenvalue weighted by Crippen LogP contribution is -2.39. The van der Waals surface area contributed by atoms with E-state index >= 15 is 0 Å². The number of halogens is 2. The average Bonchev–Trinajstić information content (AvgIpc) is 3.14. The summed E-state index contributed by atoms with van der Waals surface area (Å²) < 4.78 is 19.5. The van der Waals surface area contributed by atoms with Crippen molar-refractivity contribution in [2.45, 2.75) is 19.6 Å². The summed E-state index contributed by atoms with van der Waals surface area (Å²) in [5.74, 6) is -0.576. The van der Waals surface area contributed by atoms with Crippen LogP contribution in [-0.4, -0.2) is 10.8 Å². The van der Waals surface area contributed by atoms with Crippen LogP contribution in [0.15, 0.2) is 65.3 Å². The van der Waals surface area contributed by atoms with Crippen molar-refractivity contribution in [2.24, 2.45) is 5.73 Å². The minimum atomic E-state index is -0.814. The first kappa shape index (κ1) is 18.2. The van der Waals surface area contributed by atoms with Crippen molar-refractivity contribution in [2.75, 3.05) is 0 Å². The fourth-order valence-electron chi connectivity index (χ4n) is 2.75. The van der Waals surface area contributed by atoms with Gasteiger partial charge in [-0.2, -0.15) is 0 Å². The second-order valence-electron chi connectivity index (χ2n) is 5.94. The van der Waals surface area contributed by atoms with Crippen LogP contribution in [0.4, 0.5) is 4.39 Å². The molecule has 1 unspecified atom stereocenters. The largest absolute Gasteiger partial charge is 0.467 e. The Labute approximate surface area is 156 Å². The first-order valence-corrected chi connectivity index (χ1v) is 8.44. The minimum absolute atomic E-state index is 0.0470. The summed E-state index contributed by atoms with van der Waals surface area (Å²) in [6, 6.07) is 14.6. The van der Waals surface area contributed by atoms with Gasteiger partial charge in [0.1, 0.15) is 17.7 Å². The maximum absolute atomic E-state index is 14.2. The Hall–Kier alpha value is -2.63. The second-order valence-corrected chi connectivity index (χ2v) is 6.37. The fraction of sp³-hybridized carbons (Fsp3) is 0.150. The van der Waals surface area contributed by atoms with Gasteiger partial charge in [0, 0.05) is 5.02 Å². The van der Waals surface area contributed by atoms with E-state index < -0.39 is 17.9 Å². The number of hydrogen-bond acceptors (Lipinski definition) is 3. The Bertz CT molecular complexity index is 912. The molecule has 4 nitrogen and oxygen atoms in total. The van der Waals surface area contributed by atoms with Gasteiger partial charge in [0.15, 0.2) is 0 Å². The molecule has 1 aromatic heterocycles. The predicted octanol–water partition coefficient (Wildman–Crippen LogP) is 4.68. The molecular formula is C20H18ClFN2O2. The Morgan fingerprint density at radius 1 is 1.23 bits per heavy atom. The lowest BCUT2D eigenvalue weighted by Gasteiger charge is -2.30. The molecule has 0 fully saturated rings. The monoisotopic (exact) mass is 372 g/mol. The lowest BCUT2D eigenvalue weighted by atomic mass is 10.0. The average molecular weight is 373 g/mol. The molecule has 0 radical (unpaired) electrons. The van der Waals surface area contributed by atoms with Gasteiger partial charge in [-0.15, -0.1) is 0 Å². The number of hydrogen-bond donors (Lipinski definition) is 1. The fourth-order valence-corrected chi connectivity index (χ4v) is 2.93.